The molecule has 2 rings (SSSR count). The summed E-state index contributed by atoms with van der Waals surface area (Å²) in [7, 11) is 0. The highest BCUT2D eigenvalue weighted by atomic mass is 16.5. The van der Waals surface area contributed by atoms with E-state index >= 15 is 0 Å². The largest absolute Gasteiger partial charge is 0.550 e. The lowest BCUT2D eigenvalue weighted by Gasteiger charge is -2.17. The Kier molecular flexibility index (Phi) is 6.38. The zero-order valence-electron chi connectivity index (χ0n) is 15.1. The molecule has 0 bridgehead atoms. The zero-order chi connectivity index (χ0) is 19.3. The molecule has 7 nitrogen and oxygen atoms in total. The second-order valence-electron chi connectivity index (χ2n) is 6.04. The number of hydrogen-bond donors (Lipinski definition) is 1. The molecule has 7 heteroatoms. The number of hydrogen-bond acceptors (Lipinski definition) is 6. The molecule has 1 heterocycles. The fourth-order valence-electron chi connectivity index (χ4n) is 2.66. The summed E-state index contributed by atoms with van der Waals surface area (Å²) in [6.07, 6.45) is 0.0980. The van der Waals surface area contributed by atoms with Gasteiger partial charge in [-0.1, -0.05) is 6.92 Å². The lowest BCUT2D eigenvalue weighted by molar-refractivity contribution is -0.305. The van der Waals surface area contributed by atoms with Crippen LogP contribution in [-0.4, -0.2) is 24.5 Å². The standard InChI is InChI=1S/C19H23NO6/c1-4-13-10-17(23)26-18-11(2)15(8-7-14(13)18)25-12(3)19(24)20-9-5-6-16(21)22/h7-8,10,12H,4-6,9H2,1-3H3,(H,20,24)(H,21,22)/p-1/t12-/m0/s1. The molecule has 0 aliphatic carbocycles. The van der Waals surface area contributed by atoms with E-state index in [1.165, 1.54) is 6.07 Å². The van der Waals surface area contributed by atoms with Gasteiger partial charge in [0.15, 0.2) is 6.10 Å². The molecule has 140 valence electrons. The van der Waals surface area contributed by atoms with E-state index in [2.05, 4.69) is 5.32 Å². The molecular weight excluding hydrogens is 338 g/mol. The summed E-state index contributed by atoms with van der Waals surface area (Å²) in [5, 5.41) is 13.8. The molecule has 1 aromatic heterocycles. The SMILES string of the molecule is CCc1cc(=O)oc2c(C)c(O[C@@H](C)C(=O)NCCCC(=O)[O-])ccc12. The van der Waals surface area contributed by atoms with E-state index in [1.54, 1.807) is 19.9 Å². The van der Waals surface area contributed by atoms with Crippen LogP contribution in [0, 0.1) is 6.92 Å². The summed E-state index contributed by atoms with van der Waals surface area (Å²) in [4.78, 5) is 34.1. The van der Waals surface area contributed by atoms with Gasteiger partial charge in [0.05, 0.1) is 0 Å². The number of amides is 1. The molecule has 0 unspecified atom stereocenters. The van der Waals surface area contributed by atoms with Crippen molar-refractivity contribution < 1.29 is 23.8 Å². The Bertz CT molecular complexity index is 870. The zero-order valence-corrected chi connectivity index (χ0v) is 15.1. The van der Waals surface area contributed by atoms with Crippen LogP contribution in [0.4, 0.5) is 0 Å². The lowest BCUT2D eigenvalue weighted by atomic mass is 10.0. The van der Waals surface area contributed by atoms with E-state index in [-0.39, 0.29) is 18.9 Å². The monoisotopic (exact) mass is 360 g/mol. The van der Waals surface area contributed by atoms with Crippen molar-refractivity contribution in [1.29, 1.82) is 0 Å². The van der Waals surface area contributed by atoms with Crippen LogP contribution in [-0.2, 0) is 16.0 Å². The summed E-state index contributed by atoms with van der Waals surface area (Å²) in [5.41, 5.74) is 1.57. The number of carboxylic acids is 1. The van der Waals surface area contributed by atoms with Crippen LogP contribution in [0.2, 0.25) is 0 Å². The number of aryl methyl sites for hydroxylation is 2. The summed E-state index contributed by atoms with van der Waals surface area (Å²) >= 11 is 0. The molecular formula is C19H22NO6-. The molecule has 0 aliphatic heterocycles. The van der Waals surface area contributed by atoms with Gasteiger partial charge < -0.3 is 24.4 Å². The van der Waals surface area contributed by atoms with E-state index in [9.17, 15) is 19.5 Å². The average Bonchev–Trinajstić information content (AvgIpc) is 2.60. The molecule has 1 amide bonds. The number of aliphatic carboxylic acids is 1. The molecule has 0 aliphatic rings. The minimum atomic E-state index is -1.15. The van der Waals surface area contributed by atoms with Crippen LogP contribution >= 0.6 is 0 Å². The number of benzene rings is 1. The predicted molar refractivity (Wildman–Crippen MR) is 93.9 cm³/mol. The van der Waals surface area contributed by atoms with E-state index in [0.717, 1.165) is 10.9 Å². The maximum Gasteiger partial charge on any atom is 0.336 e. The first kappa shape index (κ1) is 19.5. The van der Waals surface area contributed by atoms with Crippen molar-refractivity contribution in [3.8, 4) is 5.75 Å². The van der Waals surface area contributed by atoms with Crippen molar-refractivity contribution >= 4 is 22.8 Å². The van der Waals surface area contributed by atoms with E-state index in [0.29, 0.717) is 29.7 Å². The predicted octanol–water partition coefficient (Wildman–Crippen LogP) is 1.08. The highest BCUT2D eigenvalue weighted by Gasteiger charge is 2.17. The molecule has 1 aromatic carbocycles. The van der Waals surface area contributed by atoms with Crippen LogP contribution in [0.25, 0.3) is 11.0 Å². The molecule has 2 aromatic rings. The summed E-state index contributed by atoms with van der Waals surface area (Å²) < 4.78 is 11.0. The Labute approximate surface area is 151 Å². The van der Waals surface area contributed by atoms with Crippen molar-refractivity contribution in [3.05, 3.63) is 39.7 Å². The molecule has 26 heavy (non-hydrogen) atoms. The third-order valence-corrected chi connectivity index (χ3v) is 4.11. The van der Waals surface area contributed by atoms with Gasteiger partial charge in [-0.15, -0.1) is 0 Å². The van der Waals surface area contributed by atoms with Crippen LogP contribution in [0.1, 0.15) is 37.8 Å². The minimum absolute atomic E-state index is 0.113. The Morgan fingerprint density at radius 2 is 2.08 bits per heavy atom. The number of carbonyl (C=O) groups excluding carboxylic acids is 2. The number of fused-ring (bicyclic) bond motifs is 1. The van der Waals surface area contributed by atoms with Crippen molar-refractivity contribution in [3.63, 3.8) is 0 Å². The van der Waals surface area contributed by atoms with Gasteiger partial charge in [0.2, 0.25) is 0 Å². The molecule has 1 atom stereocenters. The Balaban J connectivity index is 2.12. The smallest absolute Gasteiger partial charge is 0.336 e. The lowest BCUT2D eigenvalue weighted by Crippen LogP contribution is -2.37. The summed E-state index contributed by atoms with van der Waals surface area (Å²) in [5.74, 6) is -1.05. The van der Waals surface area contributed by atoms with Gasteiger partial charge in [-0.3, -0.25) is 4.79 Å². The molecule has 0 fully saturated rings. The van der Waals surface area contributed by atoms with E-state index < -0.39 is 17.7 Å². The van der Waals surface area contributed by atoms with E-state index in [4.69, 9.17) is 9.15 Å². The van der Waals surface area contributed by atoms with Gasteiger partial charge >= 0.3 is 5.63 Å². The van der Waals surface area contributed by atoms with Crippen molar-refractivity contribution in [2.24, 2.45) is 0 Å². The van der Waals surface area contributed by atoms with Crippen LogP contribution < -0.4 is 20.8 Å². The van der Waals surface area contributed by atoms with E-state index in [1.807, 2.05) is 13.0 Å². The Hall–Kier alpha value is -2.83. The van der Waals surface area contributed by atoms with Crippen molar-refractivity contribution in [1.82, 2.24) is 5.32 Å². The van der Waals surface area contributed by atoms with Crippen LogP contribution in [0.15, 0.2) is 27.4 Å². The molecule has 1 N–H and O–H groups in total. The average molecular weight is 360 g/mol. The molecule has 0 spiro atoms. The normalized spacial score (nSPS) is 12.0. The van der Waals surface area contributed by atoms with Gasteiger partial charge in [-0.2, -0.15) is 0 Å². The third kappa shape index (κ3) is 4.62. The second-order valence-corrected chi connectivity index (χ2v) is 6.04. The first-order valence-electron chi connectivity index (χ1n) is 8.54. The number of carboxylic acid groups (broad SMARTS) is 1. The highest BCUT2D eigenvalue weighted by Crippen LogP contribution is 2.29. The highest BCUT2D eigenvalue weighted by molar-refractivity contribution is 5.85. The van der Waals surface area contributed by atoms with Gasteiger partial charge in [-0.05, 0) is 50.8 Å². The maximum atomic E-state index is 12.0. The number of carbonyl (C=O) groups is 2. The molecule has 0 saturated carbocycles. The second kappa shape index (κ2) is 8.51. The minimum Gasteiger partial charge on any atom is -0.550 e. The third-order valence-electron chi connectivity index (χ3n) is 4.11. The summed E-state index contributed by atoms with van der Waals surface area (Å²) in [6, 6.07) is 5.03. The molecule has 0 saturated heterocycles. The van der Waals surface area contributed by atoms with Gasteiger partial charge in [0, 0.05) is 29.5 Å². The first-order chi connectivity index (χ1) is 12.3. The van der Waals surface area contributed by atoms with Gasteiger partial charge in [0.1, 0.15) is 11.3 Å². The number of rotatable bonds is 8. The van der Waals surface area contributed by atoms with Crippen molar-refractivity contribution in [2.45, 2.75) is 46.1 Å². The maximum absolute atomic E-state index is 12.0. The summed E-state index contributed by atoms with van der Waals surface area (Å²) in [6.45, 7) is 5.55. The quantitative estimate of drug-likeness (QED) is 0.557. The van der Waals surface area contributed by atoms with Gasteiger partial charge in [-0.25, -0.2) is 4.79 Å². The van der Waals surface area contributed by atoms with Crippen LogP contribution in [0.3, 0.4) is 0 Å². The van der Waals surface area contributed by atoms with Gasteiger partial charge in [0.25, 0.3) is 5.91 Å². The van der Waals surface area contributed by atoms with Crippen molar-refractivity contribution in [2.75, 3.05) is 6.54 Å². The fraction of sp³-hybridized carbons (Fsp3) is 0.421. The first-order valence-corrected chi connectivity index (χ1v) is 8.54. The fourth-order valence-corrected chi connectivity index (χ4v) is 2.66. The number of ether oxygens (including phenoxy) is 1. The van der Waals surface area contributed by atoms with Crippen LogP contribution in [0.5, 0.6) is 5.75 Å². The molecule has 0 radical (unpaired) electrons. The topological polar surface area (TPSA) is 109 Å². The number of nitrogens with one attached hydrogen (secondary N) is 1. The Morgan fingerprint density at radius 1 is 1.35 bits per heavy atom. The Morgan fingerprint density at radius 3 is 2.73 bits per heavy atom.